The number of nitrogens with zero attached hydrogens (tertiary/aromatic N) is 2. The maximum Gasteiger partial charge on any atom is 0.327 e. The molecular weight excluding hydrogens is 288 g/mol. The Labute approximate surface area is 119 Å². The average molecular weight is 301 g/mol. The normalized spacial score (nSPS) is 17.7. The lowest BCUT2D eigenvalue weighted by Gasteiger charge is -2.13. The molecule has 1 unspecified atom stereocenters. The van der Waals surface area contributed by atoms with Crippen LogP contribution < -0.4 is 16.2 Å². The number of nitrogens with one attached hydrogen (secondary N) is 2. The average Bonchev–Trinajstić information content (AvgIpc) is 2.83. The van der Waals surface area contributed by atoms with Crippen molar-refractivity contribution in [3.8, 4) is 0 Å². The highest BCUT2D eigenvalue weighted by Crippen LogP contribution is 2.18. The number of amides is 1. The molecule has 0 bridgehead atoms. The van der Waals surface area contributed by atoms with Crippen LogP contribution in [0, 0.1) is 0 Å². The van der Waals surface area contributed by atoms with Gasteiger partial charge in [-0.25, -0.2) is 4.68 Å². The Morgan fingerprint density at radius 2 is 2.40 bits per heavy atom. The predicted molar refractivity (Wildman–Crippen MR) is 70.6 cm³/mol. The van der Waals surface area contributed by atoms with Crippen LogP contribution in [0.15, 0.2) is 11.0 Å². The third-order valence-corrected chi connectivity index (χ3v) is 3.19. The van der Waals surface area contributed by atoms with E-state index in [9.17, 15) is 14.4 Å². The van der Waals surface area contributed by atoms with Crippen LogP contribution in [0.25, 0.3) is 0 Å². The molecule has 8 nitrogen and oxygen atoms in total. The van der Waals surface area contributed by atoms with Gasteiger partial charge in [-0.1, -0.05) is 11.6 Å². The zero-order chi connectivity index (χ0) is 14.7. The summed E-state index contributed by atoms with van der Waals surface area (Å²) in [7, 11) is 1.22. The second-order valence-corrected chi connectivity index (χ2v) is 4.64. The van der Waals surface area contributed by atoms with Gasteiger partial charge in [0.2, 0.25) is 5.91 Å². The summed E-state index contributed by atoms with van der Waals surface area (Å²) in [6, 6.07) is -0.141. The number of rotatable bonds is 4. The van der Waals surface area contributed by atoms with Gasteiger partial charge < -0.3 is 15.4 Å². The molecule has 1 amide bonds. The lowest BCUT2D eigenvalue weighted by Crippen LogP contribution is -2.30. The van der Waals surface area contributed by atoms with Gasteiger partial charge in [-0.2, -0.15) is 5.10 Å². The van der Waals surface area contributed by atoms with E-state index < -0.39 is 11.5 Å². The van der Waals surface area contributed by atoms with Gasteiger partial charge in [0.15, 0.2) is 0 Å². The number of ether oxygens (including phenoxy) is 1. The Morgan fingerprint density at radius 1 is 1.65 bits per heavy atom. The van der Waals surface area contributed by atoms with Crippen LogP contribution in [0.4, 0.5) is 5.69 Å². The summed E-state index contributed by atoms with van der Waals surface area (Å²) < 4.78 is 5.37. The topological polar surface area (TPSA) is 102 Å². The minimum absolute atomic E-state index is 0.0642. The lowest BCUT2D eigenvalue weighted by atomic mass is 10.2. The van der Waals surface area contributed by atoms with Crippen molar-refractivity contribution in [1.82, 2.24) is 15.1 Å². The molecule has 0 radical (unpaired) electrons. The molecular formula is C11H13ClN4O4. The monoisotopic (exact) mass is 300 g/mol. The zero-order valence-corrected chi connectivity index (χ0v) is 11.4. The smallest absolute Gasteiger partial charge is 0.327 e. The van der Waals surface area contributed by atoms with Gasteiger partial charge in [0.1, 0.15) is 11.6 Å². The molecule has 1 aromatic heterocycles. The maximum atomic E-state index is 11.9. The fraction of sp³-hybridized carbons (Fsp3) is 0.455. The third kappa shape index (κ3) is 3.08. The Bertz CT molecular complexity index is 601. The second kappa shape index (κ2) is 5.91. The zero-order valence-electron chi connectivity index (χ0n) is 10.7. The second-order valence-electron chi connectivity index (χ2n) is 4.26. The summed E-state index contributed by atoms with van der Waals surface area (Å²) in [6.45, 7) is 0.152. The van der Waals surface area contributed by atoms with E-state index in [0.717, 1.165) is 4.68 Å². The van der Waals surface area contributed by atoms with E-state index in [-0.39, 0.29) is 23.5 Å². The number of hydrogen-bond donors (Lipinski definition) is 2. The molecule has 0 saturated carbocycles. The van der Waals surface area contributed by atoms with Gasteiger partial charge in [-0.15, -0.1) is 0 Å². The summed E-state index contributed by atoms with van der Waals surface area (Å²) in [6.07, 6.45) is 1.65. The van der Waals surface area contributed by atoms with Crippen molar-refractivity contribution in [2.75, 3.05) is 19.0 Å². The molecule has 0 aliphatic carbocycles. The first-order valence-corrected chi connectivity index (χ1v) is 6.24. The molecule has 1 saturated heterocycles. The van der Waals surface area contributed by atoms with Crippen molar-refractivity contribution in [2.24, 2.45) is 0 Å². The van der Waals surface area contributed by atoms with Crippen LogP contribution >= 0.6 is 11.6 Å². The molecule has 0 spiro atoms. The molecule has 2 heterocycles. The summed E-state index contributed by atoms with van der Waals surface area (Å²) in [4.78, 5) is 34.1. The van der Waals surface area contributed by atoms with E-state index in [1.807, 2.05) is 0 Å². The Hall–Kier alpha value is -2.09. The number of esters is 1. The number of carbonyl (C=O) groups excluding carboxylic acids is 2. The summed E-state index contributed by atoms with van der Waals surface area (Å²) in [5.41, 5.74) is -0.265. The molecule has 9 heteroatoms. The van der Waals surface area contributed by atoms with Gasteiger partial charge in [0.25, 0.3) is 5.56 Å². The van der Waals surface area contributed by atoms with E-state index in [0.29, 0.717) is 18.7 Å². The van der Waals surface area contributed by atoms with Gasteiger partial charge in [0, 0.05) is 13.0 Å². The minimum atomic E-state index is -0.598. The number of carbonyl (C=O) groups is 2. The molecule has 1 atom stereocenters. The molecule has 0 aromatic carbocycles. The van der Waals surface area contributed by atoms with E-state index >= 15 is 0 Å². The Kier molecular flexibility index (Phi) is 4.23. The van der Waals surface area contributed by atoms with Crippen molar-refractivity contribution in [2.45, 2.75) is 19.0 Å². The van der Waals surface area contributed by atoms with Crippen LogP contribution in [0.2, 0.25) is 5.02 Å². The van der Waals surface area contributed by atoms with Gasteiger partial charge in [-0.3, -0.25) is 14.4 Å². The first kappa shape index (κ1) is 14.3. The Balaban J connectivity index is 2.16. The van der Waals surface area contributed by atoms with Crippen LogP contribution in [0.3, 0.4) is 0 Å². The standard InChI is InChI=1S/C11H13ClN4O4/c1-20-9(18)5-16-11(19)10(12)7(4-14-16)15-6-2-8(17)13-3-6/h4,6,15H,2-3,5H2,1H3,(H,13,17). The molecule has 1 fully saturated rings. The quantitative estimate of drug-likeness (QED) is 0.718. The number of anilines is 1. The first-order chi connectivity index (χ1) is 9.51. The minimum Gasteiger partial charge on any atom is -0.468 e. The molecule has 1 aliphatic rings. The van der Waals surface area contributed by atoms with Crippen LogP contribution in [0.5, 0.6) is 0 Å². The van der Waals surface area contributed by atoms with E-state index in [1.54, 1.807) is 0 Å². The molecule has 2 N–H and O–H groups in total. The van der Waals surface area contributed by atoms with Crippen LogP contribution in [-0.4, -0.2) is 41.4 Å². The van der Waals surface area contributed by atoms with E-state index in [2.05, 4.69) is 20.5 Å². The fourth-order valence-electron chi connectivity index (χ4n) is 1.79. The van der Waals surface area contributed by atoms with Gasteiger partial charge in [0.05, 0.1) is 25.0 Å². The highest BCUT2D eigenvalue weighted by molar-refractivity contribution is 6.32. The molecule has 108 valence electrons. The highest BCUT2D eigenvalue weighted by Gasteiger charge is 2.22. The fourth-order valence-corrected chi connectivity index (χ4v) is 1.99. The SMILES string of the molecule is COC(=O)Cn1ncc(NC2CNC(=O)C2)c(Cl)c1=O. The van der Waals surface area contributed by atoms with Crippen LogP contribution in [-0.2, 0) is 20.9 Å². The molecule has 20 heavy (non-hydrogen) atoms. The summed E-state index contributed by atoms with van der Waals surface area (Å²) >= 11 is 5.95. The van der Waals surface area contributed by atoms with Crippen molar-refractivity contribution < 1.29 is 14.3 Å². The highest BCUT2D eigenvalue weighted by atomic mass is 35.5. The summed E-state index contributed by atoms with van der Waals surface area (Å²) in [5, 5.41) is 9.39. The largest absolute Gasteiger partial charge is 0.468 e. The molecule has 1 aromatic rings. The first-order valence-electron chi connectivity index (χ1n) is 5.87. The van der Waals surface area contributed by atoms with Crippen LogP contribution in [0.1, 0.15) is 6.42 Å². The Morgan fingerprint density at radius 3 is 3.00 bits per heavy atom. The molecule has 2 rings (SSSR count). The van der Waals surface area contributed by atoms with Crippen molar-refractivity contribution in [3.63, 3.8) is 0 Å². The number of hydrogen-bond acceptors (Lipinski definition) is 6. The number of halogens is 1. The van der Waals surface area contributed by atoms with Crippen molar-refractivity contribution >= 4 is 29.2 Å². The van der Waals surface area contributed by atoms with E-state index in [4.69, 9.17) is 11.6 Å². The van der Waals surface area contributed by atoms with Crippen molar-refractivity contribution in [3.05, 3.63) is 21.6 Å². The summed E-state index contributed by atoms with van der Waals surface area (Å²) in [5.74, 6) is -0.660. The third-order valence-electron chi connectivity index (χ3n) is 2.83. The lowest BCUT2D eigenvalue weighted by molar-refractivity contribution is -0.141. The maximum absolute atomic E-state index is 11.9. The van der Waals surface area contributed by atoms with E-state index in [1.165, 1.54) is 13.3 Å². The van der Waals surface area contributed by atoms with Gasteiger partial charge in [-0.05, 0) is 0 Å². The predicted octanol–water partition coefficient (Wildman–Crippen LogP) is -0.630. The van der Waals surface area contributed by atoms with Crippen molar-refractivity contribution in [1.29, 1.82) is 0 Å². The van der Waals surface area contributed by atoms with Gasteiger partial charge >= 0.3 is 5.97 Å². The molecule has 1 aliphatic heterocycles. The number of methoxy groups -OCH3 is 1. The number of aromatic nitrogens is 2.